The molecule has 1 aromatic rings. The minimum atomic E-state index is 0.132. The van der Waals surface area contributed by atoms with Gasteiger partial charge in [-0.05, 0) is 36.5 Å². The summed E-state index contributed by atoms with van der Waals surface area (Å²) >= 11 is 0. The number of ether oxygens (including phenoxy) is 1. The van der Waals surface area contributed by atoms with E-state index in [-0.39, 0.29) is 12.1 Å². The Kier molecular flexibility index (Phi) is 4.82. The van der Waals surface area contributed by atoms with Crippen molar-refractivity contribution in [2.24, 2.45) is 11.8 Å². The first-order chi connectivity index (χ1) is 12.6. The van der Waals surface area contributed by atoms with E-state index in [1.807, 2.05) is 26.2 Å². The van der Waals surface area contributed by atoms with Crippen molar-refractivity contribution in [2.75, 3.05) is 40.8 Å². The van der Waals surface area contributed by atoms with Gasteiger partial charge in [0.05, 0.1) is 13.2 Å². The molecular weight excluding hydrogens is 326 g/mol. The highest BCUT2D eigenvalue weighted by atomic mass is 16.5. The van der Waals surface area contributed by atoms with E-state index in [4.69, 9.17) is 4.74 Å². The summed E-state index contributed by atoms with van der Waals surface area (Å²) in [6.45, 7) is 3.16. The molecule has 0 spiro atoms. The number of nitrogens with zero attached hydrogens (tertiary/aromatic N) is 3. The third kappa shape index (κ3) is 3.07. The van der Waals surface area contributed by atoms with Gasteiger partial charge in [0.2, 0.25) is 0 Å². The number of methoxy groups -OCH3 is 1. The summed E-state index contributed by atoms with van der Waals surface area (Å²) in [5.74, 6) is 1.99. The second kappa shape index (κ2) is 7.10. The van der Waals surface area contributed by atoms with Crippen molar-refractivity contribution in [3.05, 3.63) is 29.8 Å². The van der Waals surface area contributed by atoms with Gasteiger partial charge >= 0.3 is 6.03 Å². The zero-order valence-corrected chi connectivity index (χ0v) is 16.2. The third-order valence-corrected chi connectivity index (χ3v) is 6.62. The fourth-order valence-electron chi connectivity index (χ4n) is 5.33. The Hall–Kier alpha value is -1.75. The lowest BCUT2D eigenvalue weighted by molar-refractivity contribution is 0.145. The van der Waals surface area contributed by atoms with Gasteiger partial charge in [0.15, 0.2) is 0 Å². The van der Waals surface area contributed by atoms with E-state index in [1.165, 1.54) is 31.2 Å². The topological polar surface area (TPSA) is 36.0 Å². The first-order valence-electron chi connectivity index (χ1n) is 9.94. The maximum atomic E-state index is 12.8. The van der Waals surface area contributed by atoms with Crippen LogP contribution < -0.4 is 4.74 Å². The second-order valence-corrected chi connectivity index (χ2v) is 8.36. The largest absolute Gasteiger partial charge is 0.497 e. The molecule has 2 saturated heterocycles. The highest BCUT2D eigenvalue weighted by Gasteiger charge is 2.50. The fraction of sp³-hybridized carbons (Fsp3) is 0.667. The maximum Gasteiger partial charge on any atom is 0.320 e. The van der Waals surface area contributed by atoms with Gasteiger partial charge in [0.25, 0.3) is 0 Å². The standard InChI is InChI=1S/C21H31N3O2/c1-22(2)21(25)24-13-16-12-23(17-6-4-5-7-17)14-19(16)20(24)15-8-10-18(26-3)11-9-15/h8-11,16-17,19-20H,4-7,12-14H2,1-3H3/t16-,19-,20+/m1/s1. The number of likely N-dealkylation sites (tertiary alicyclic amines) is 2. The molecule has 1 saturated carbocycles. The van der Waals surface area contributed by atoms with E-state index in [0.717, 1.165) is 31.4 Å². The van der Waals surface area contributed by atoms with Crippen molar-refractivity contribution in [1.82, 2.24) is 14.7 Å². The molecule has 4 rings (SSSR count). The molecule has 5 heteroatoms. The van der Waals surface area contributed by atoms with Gasteiger partial charge in [-0.3, -0.25) is 4.90 Å². The summed E-state index contributed by atoms with van der Waals surface area (Å²) in [6.07, 6.45) is 5.47. The molecule has 0 bridgehead atoms. The average Bonchev–Trinajstić information content (AvgIpc) is 3.36. The molecule has 5 nitrogen and oxygen atoms in total. The molecule has 3 aliphatic rings. The lowest BCUT2D eigenvalue weighted by Crippen LogP contribution is -2.42. The third-order valence-electron chi connectivity index (χ3n) is 6.62. The molecule has 1 aromatic carbocycles. The number of rotatable bonds is 3. The molecule has 0 aromatic heterocycles. The van der Waals surface area contributed by atoms with Crippen molar-refractivity contribution in [3.63, 3.8) is 0 Å². The predicted octanol–water partition coefficient (Wildman–Crippen LogP) is 3.22. The summed E-state index contributed by atoms with van der Waals surface area (Å²) in [5, 5.41) is 0. The summed E-state index contributed by atoms with van der Waals surface area (Å²) in [7, 11) is 5.40. The van der Waals surface area contributed by atoms with Crippen molar-refractivity contribution < 1.29 is 9.53 Å². The van der Waals surface area contributed by atoms with Crippen molar-refractivity contribution in [3.8, 4) is 5.75 Å². The number of benzene rings is 1. The summed E-state index contributed by atoms with van der Waals surface area (Å²) in [6, 6.07) is 9.39. The van der Waals surface area contributed by atoms with Crippen LogP contribution in [-0.4, -0.2) is 67.6 Å². The smallest absolute Gasteiger partial charge is 0.320 e. The van der Waals surface area contributed by atoms with Crippen LogP contribution in [0.4, 0.5) is 4.79 Å². The molecular formula is C21H31N3O2. The van der Waals surface area contributed by atoms with Gasteiger partial charge in [0.1, 0.15) is 5.75 Å². The monoisotopic (exact) mass is 357 g/mol. The molecule has 0 unspecified atom stereocenters. The van der Waals surface area contributed by atoms with E-state index >= 15 is 0 Å². The Bertz CT molecular complexity index is 639. The van der Waals surface area contributed by atoms with E-state index in [2.05, 4.69) is 21.9 Å². The van der Waals surface area contributed by atoms with Gasteiger partial charge < -0.3 is 14.5 Å². The number of urea groups is 1. The summed E-state index contributed by atoms with van der Waals surface area (Å²) < 4.78 is 5.32. The van der Waals surface area contributed by atoms with Gasteiger partial charge in [-0.25, -0.2) is 4.79 Å². The zero-order chi connectivity index (χ0) is 18.3. The Morgan fingerprint density at radius 1 is 1.08 bits per heavy atom. The van der Waals surface area contributed by atoms with Crippen molar-refractivity contribution in [2.45, 2.75) is 37.8 Å². The van der Waals surface area contributed by atoms with Crippen molar-refractivity contribution in [1.29, 1.82) is 0 Å². The zero-order valence-electron chi connectivity index (χ0n) is 16.2. The molecule has 0 N–H and O–H groups in total. The van der Waals surface area contributed by atoms with Crippen LogP contribution in [0.5, 0.6) is 5.75 Å². The van der Waals surface area contributed by atoms with Crippen LogP contribution in [0.1, 0.15) is 37.3 Å². The highest BCUT2D eigenvalue weighted by Crippen LogP contribution is 2.46. The Morgan fingerprint density at radius 3 is 2.38 bits per heavy atom. The number of hydrogen-bond donors (Lipinski definition) is 0. The minimum Gasteiger partial charge on any atom is -0.497 e. The van der Waals surface area contributed by atoms with Crippen LogP contribution in [0.15, 0.2) is 24.3 Å². The molecule has 2 aliphatic heterocycles. The molecule has 0 radical (unpaired) electrons. The van der Waals surface area contributed by atoms with Gasteiger partial charge in [0, 0.05) is 45.7 Å². The van der Waals surface area contributed by atoms with Crippen LogP contribution >= 0.6 is 0 Å². The van der Waals surface area contributed by atoms with Crippen LogP contribution in [0.3, 0.4) is 0 Å². The summed E-state index contributed by atoms with van der Waals surface area (Å²) in [4.78, 5) is 19.4. The predicted molar refractivity (Wildman–Crippen MR) is 102 cm³/mol. The maximum absolute atomic E-state index is 12.8. The lowest BCUT2D eigenvalue weighted by Gasteiger charge is -2.33. The van der Waals surface area contributed by atoms with E-state index in [0.29, 0.717) is 11.8 Å². The molecule has 2 amide bonds. The number of carbonyl (C=O) groups excluding carboxylic acids is 1. The van der Waals surface area contributed by atoms with Crippen LogP contribution in [0.2, 0.25) is 0 Å². The van der Waals surface area contributed by atoms with E-state index < -0.39 is 0 Å². The number of amides is 2. The molecule has 142 valence electrons. The van der Waals surface area contributed by atoms with Crippen LogP contribution in [-0.2, 0) is 0 Å². The first-order valence-corrected chi connectivity index (χ1v) is 9.94. The minimum absolute atomic E-state index is 0.132. The molecule has 26 heavy (non-hydrogen) atoms. The van der Waals surface area contributed by atoms with E-state index in [9.17, 15) is 4.79 Å². The molecule has 3 fully saturated rings. The van der Waals surface area contributed by atoms with Crippen LogP contribution in [0.25, 0.3) is 0 Å². The fourth-order valence-corrected chi connectivity index (χ4v) is 5.33. The number of fused-ring (bicyclic) bond motifs is 1. The van der Waals surface area contributed by atoms with Gasteiger partial charge in [-0.15, -0.1) is 0 Å². The Morgan fingerprint density at radius 2 is 1.77 bits per heavy atom. The normalized spacial score (nSPS) is 29.2. The van der Waals surface area contributed by atoms with Gasteiger partial charge in [-0.2, -0.15) is 0 Å². The molecule has 2 heterocycles. The quantitative estimate of drug-likeness (QED) is 0.833. The number of carbonyl (C=O) groups is 1. The summed E-state index contributed by atoms with van der Waals surface area (Å²) in [5.41, 5.74) is 1.24. The molecule has 3 atom stereocenters. The average molecular weight is 357 g/mol. The Labute approximate surface area is 156 Å². The SMILES string of the molecule is COc1ccc([C@H]2[C@@H]3CN(C4CCCC4)C[C@@H]3CN2C(=O)N(C)C)cc1. The van der Waals surface area contributed by atoms with Crippen LogP contribution in [0, 0.1) is 11.8 Å². The molecule has 1 aliphatic carbocycles. The lowest BCUT2D eigenvalue weighted by atomic mass is 9.89. The van der Waals surface area contributed by atoms with Crippen molar-refractivity contribution >= 4 is 6.03 Å². The first kappa shape index (κ1) is 17.7. The van der Waals surface area contributed by atoms with E-state index in [1.54, 1.807) is 12.0 Å². The Balaban J connectivity index is 1.59. The second-order valence-electron chi connectivity index (χ2n) is 8.36. The van der Waals surface area contributed by atoms with Gasteiger partial charge in [-0.1, -0.05) is 25.0 Å². The highest BCUT2D eigenvalue weighted by molar-refractivity contribution is 5.75. The number of hydrogen-bond acceptors (Lipinski definition) is 3.